The van der Waals surface area contributed by atoms with Gasteiger partial charge in [0.25, 0.3) is 0 Å². The Morgan fingerprint density at radius 3 is 2.52 bits per heavy atom. The number of nitrogens with one attached hydrogen (secondary N) is 1. The zero-order valence-corrected chi connectivity index (χ0v) is 14.5. The Bertz CT molecular complexity index is 602. The molecule has 1 N–H and O–H groups in total. The SMILES string of the molecule is CCCNc1nc(-c2ccc(CC)s2)nc(C)c1C(C)C. The van der Waals surface area contributed by atoms with Gasteiger partial charge in [-0.2, -0.15) is 0 Å². The van der Waals surface area contributed by atoms with Gasteiger partial charge in [0, 0.05) is 22.7 Å². The first-order chi connectivity index (χ1) is 10.1. The summed E-state index contributed by atoms with van der Waals surface area (Å²) in [4.78, 5) is 12.1. The van der Waals surface area contributed by atoms with Crippen molar-refractivity contribution in [3.8, 4) is 10.7 Å². The van der Waals surface area contributed by atoms with Crippen molar-refractivity contribution in [2.24, 2.45) is 0 Å². The van der Waals surface area contributed by atoms with Gasteiger partial charge in [0.05, 0.1) is 4.88 Å². The molecule has 4 heteroatoms. The van der Waals surface area contributed by atoms with Crippen LogP contribution in [0.1, 0.15) is 56.2 Å². The van der Waals surface area contributed by atoms with E-state index >= 15 is 0 Å². The van der Waals surface area contributed by atoms with E-state index in [2.05, 4.69) is 52.1 Å². The number of anilines is 1. The van der Waals surface area contributed by atoms with Gasteiger partial charge in [-0.05, 0) is 37.8 Å². The zero-order valence-electron chi connectivity index (χ0n) is 13.7. The number of hydrogen-bond acceptors (Lipinski definition) is 4. The second-order valence-electron chi connectivity index (χ2n) is 5.60. The third-order valence-corrected chi connectivity index (χ3v) is 4.71. The molecular weight excluding hydrogens is 278 g/mol. The molecule has 0 aromatic carbocycles. The van der Waals surface area contributed by atoms with Crippen LogP contribution >= 0.6 is 11.3 Å². The Labute approximate surface area is 131 Å². The Balaban J connectivity index is 2.45. The lowest BCUT2D eigenvalue weighted by molar-refractivity contribution is 0.827. The van der Waals surface area contributed by atoms with Crippen LogP contribution in [0.5, 0.6) is 0 Å². The lowest BCUT2D eigenvalue weighted by Gasteiger charge is -2.16. The number of rotatable bonds is 6. The molecule has 0 unspecified atom stereocenters. The summed E-state index contributed by atoms with van der Waals surface area (Å²) in [6.45, 7) is 11.8. The average molecular weight is 303 g/mol. The molecule has 0 spiro atoms. The van der Waals surface area contributed by atoms with E-state index in [0.717, 1.165) is 41.6 Å². The van der Waals surface area contributed by atoms with E-state index in [0.29, 0.717) is 5.92 Å². The fourth-order valence-corrected chi connectivity index (χ4v) is 3.33. The summed E-state index contributed by atoms with van der Waals surface area (Å²) >= 11 is 1.79. The molecule has 0 aliphatic rings. The minimum atomic E-state index is 0.424. The lowest BCUT2D eigenvalue weighted by Crippen LogP contribution is -2.10. The second kappa shape index (κ2) is 7.03. The number of nitrogens with zero attached hydrogens (tertiary/aromatic N) is 2. The van der Waals surface area contributed by atoms with Gasteiger partial charge in [0.2, 0.25) is 0 Å². The molecule has 2 aromatic heterocycles. The molecule has 0 atom stereocenters. The van der Waals surface area contributed by atoms with Crippen LogP contribution in [0, 0.1) is 6.92 Å². The summed E-state index contributed by atoms with van der Waals surface area (Å²) in [6.07, 6.45) is 2.16. The first kappa shape index (κ1) is 16.0. The molecule has 21 heavy (non-hydrogen) atoms. The molecular formula is C17H25N3S. The largest absolute Gasteiger partial charge is 0.370 e. The van der Waals surface area contributed by atoms with Crippen molar-refractivity contribution < 1.29 is 0 Å². The van der Waals surface area contributed by atoms with Crippen LogP contribution < -0.4 is 5.32 Å². The Kier molecular flexibility index (Phi) is 5.34. The molecule has 3 nitrogen and oxygen atoms in total. The highest BCUT2D eigenvalue weighted by Crippen LogP contribution is 2.31. The van der Waals surface area contributed by atoms with Crippen LogP contribution in [0.3, 0.4) is 0 Å². The van der Waals surface area contributed by atoms with Crippen LogP contribution in [-0.2, 0) is 6.42 Å². The quantitative estimate of drug-likeness (QED) is 0.814. The van der Waals surface area contributed by atoms with Crippen molar-refractivity contribution in [2.75, 3.05) is 11.9 Å². The van der Waals surface area contributed by atoms with Crippen molar-refractivity contribution in [3.05, 3.63) is 28.3 Å². The van der Waals surface area contributed by atoms with Gasteiger partial charge in [0.1, 0.15) is 5.82 Å². The third kappa shape index (κ3) is 3.62. The van der Waals surface area contributed by atoms with Crippen molar-refractivity contribution in [3.63, 3.8) is 0 Å². The number of hydrogen-bond donors (Lipinski definition) is 1. The zero-order chi connectivity index (χ0) is 15.4. The summed E-state index contributed by atoms with van der Waals surface area (Å²) in [5.41, 5.74) is 2.32. The summed E-state index contributed by atoms with van der Waals surface area (Å²) < 4.78 is 0. The monoisotopic (exact) mass is 303 g/mol. The fraction of sp³-hybridized carbons (Fsp3) is 0.529. The summed E-state index contributed by atoms with van der Waals surface area (Å²) in [6, 6.07) is 4.31. The van der Waals surface area contributed by atoms with E-state index in [-0.39, 0.29) is 0 Å². The Morgan fingerprint density at radius 1 is 1.19 bits per heavy atom. The Morgan fingerprint density at radius 2 is 1.95 bits per heavy atom. The third-order valence-electron chi connectivity index (χ3n) is 3.49. The van der Waals surface area contributed by atoms with Crippen molar-refractivity contribution in [1.29, 1.82) is 0 Å². The van der Waals surface area contributed by atoms with Gasteiger partial charge in [0.15, 0.2) is 5.82 Å². The van der Waals surface area contributed by atoms with E-state index in [4.69, 9.17) is 9.97 Å². The van der Waals surface area contributed by atoms with E-state index in [1.807, 2.05) is 0 Å². The number of aryl methyl sites for hydroxylation is 2. The van der Waals surface area contributed by atoms with E-state index in [1.54, 1.807) is 11.3 Å². The molecule has 0 bridgehead atoms. The molecule has 0 fully saturated rings. The highest BCUT2D eigenvalue weighted by Gasteiger charge is 2.16. The number of thiophene rings is 1. The van der Waals surface area contributed by atoms with Crippen LogP contribution in [0.15, 0.2) is 12.1 Å². The van der Waals surface area contributed by atoms with Gasteiger partial charge >= 0.3 is 0 Å². The average Bonchev–Trinajstić information content (AvgIpc) is 2.92. The molecule has 0 saturated carbocycles. The minimum absolute atomic E-state index is 0.424. The topological polar surface area (TPSA) is 37.8 Å². The molecule has 0 saturated heterocycles. The molecule has 0 radical (unpaired) electrons. The van der Waals surface area contributed by atoms with Crippen molar-refractivity contribution in [2.45, 2.75) is 53.4 Å². The lowest BCUT2D eigenvalue weighted by atomic mass is 10.0. The fourth-order valence-electron chi connectivity index (χ4n) is 2.45. The predicted octanol–water partition coefficient (Wildman–Crippen LogP) is 5.02. The van der Waals surface area contributed by atoms with E-state index in [9.17, 15) is 0 Å². The summed E-state index contributed by atoms with van der Waals surface area (Å²) in [7, 11) is 0. The molecule has 2 aromatic rings. The van der Waals surface area contributed by atoms with Gasteiger partial charge in [-0.3, -0.25) is 0 Å². The van der Waals surface area contributed by atoms with Crippen LogP contribution in [-0.4, -0.2) is 16.5 Å². The van der Waals surface area contributed by atoms with Crippen LogP contribution in [0.4, 0.5) is 5.82 Å². The molecule has 114 valence electrons. The highest BCUT2D eigenvalue weighted by molar-refractivity contribution is 7.15. The van der Waals surface area contributed by atoms with Crippen molar-refractivity contribution in [1.82, 2.24) is 9.97 Å². The second-order valence-corrected chi connectivity index (χ2v) is 6.76. The van der Waals surface area contributed by atoms with Gasteiger partial charge in [-0.25, -0.2) is 9.97 Å². The first-order valence-corrected chi connectivity index (χ1v) is 8.59. The summed E-state index contributed by atoms with van der Waals surface area (Å²) in [5.74, 6) is 2.27. The summed E-state index contributed by atoms with van der Waals surface area (Å²) in [5, 5.41) is 3.47. The molecule has 0 aliphatic heterocycles. The maximum atomic E-state index is 4.80. The Hall–Kier alpha value is -1.42. The smallest absolute Gasteiger partial charge is 0.171 e. The molecule has 0 amide bonds. The minimum Gasteiger partial charge on any atom is -0.370 e. The van der Waals surface area contributed by atoms with E-state index < -0.39 is 0 Å². The highest BCUT2D eigenvalue weighted by atomic mass is 32.1. The standard InChI is InChI=1S/C17H25N3S/c1-6-10-18-17-15(11(3)4)12(5)19-16(20-17)14-9-8-13(7-2)21-14/h8-9,11H,6-7,10H2,1-5H3,(H,18,19,20). The van der Waals surface area contributed by atoms with Gasteiger partial charge in [-0.1, -0.05) is 27.7 Å². The normalized spacial score (nSPS) is 11.1. The predicted molar refractivity (Wildman–Crippen MR) is 92.3 cm³/mol. The molecule has 2 rings (SSSR count). The van der Waals surface area contributed by atoms with E-state index in [1.165, 1.54) is 10.4 Å². The first-order valence-electron chi connectivity index (χ1n) is 7.78. The maximum Gasteiger partial charge on any atom is 0.171 e. The van der Waals surface area contributed by atoms with Crippen LogP contribution in [0.2, 0.25) is 0 Å². The van der Waals surface area contributed by atoms with Crippen LogP contribution in [0.25, 0.3) is 10.7 Å². The van der Waals surface area contributed by atoms with Gasteiger partial charge in [-0.15, -0.1) is 11.3 Å². The molecule has 2 heterocycles. The maximum absolute atomic E-state index is 4.80. The molecule has 0 aliphatic carbocycles. The van der Waals surface area contributed by atoms with Crippen molar-refractivity contribution >= 4 is 17.2 Å². The number of aromatic nitrogens is 2. The van der Waals surface area contributed by atoms with Gasteiger partial charge < -0.3 is 5.32 Å².